The number of nitrogens with zero attached hydrogens (tertiary/aromatic N) is 1. The van der Waals surface area contributed by atoms with E-state index in [1.54, 1.807) is 11.8 Å². The molecule has 0 rings (SSSR count). The number of Topliss-reactive ketones (excluding diaryl/α,β-unsaturated/α-hetero) is 1. The highest BCUT2D eigenvalue weighted by molar-refractivity contribution is 6.42. The van der Waals surface area contributed by atoms with Crippen LogP contribution in [0, 0.1) is 0 Å². The molecule has 0 aliphatic carbocycles. The zero-order chi connectivity index (χ0) is 11.5. The minimum absolute atomic E-state index is 0.0331. The molecule has 0 aliphatic rings. The Kier molecular flexibility index (Phi) is 4.54. The van der Waals surface area contributed by atoms with Crippen molar-refractivity contribution in [2.45, 2.75) is 46.7 Å². The van der Waals surface area contributed by atoms with Gasteiger partial charge in [0.05, 0.1) is 0 Å². The monoisotopic (exact) mass is 197 g/mol. The summed E-state index contributed by atoms with van der Waals surface area (Å²) >= 11 is 0. The highest BCUT2D eigenvalue weighted by Gasteiger charge is 2.26. The predicted molar refractivity (Wildman–Crippen MR) is 56.9 cm³/mol. The summed E-state index contributed by atoms with van der Waals surface area (Å²) in [5, 5.41) is 0. The molecule has 0 fully saturated rings. The minimum atomic E-state index is -0.493. The van der Waals surface area contributed by atoms with E-state index in [-0.39, 0.29) is 12.1 Å². The lowest BCUT2D eigenvalue weighted by Gasteiger charge is -2.30. The first-order chi connectivity index (χ1) is 6.29. The summed E-state index contributed by atoms with van der Waals surface area (Å²) in [5.41, 5.74) is 0.293. The molecule has 0 heterocycles. The third-order valence-electron chi connectivity index (χ3n) is 1.93. The van der Waals surface area contributed by atoms with Gasteiger partial charge in [0.1, 0.15) is 0 Å². The van der Waals surface area contributed by atoms with Crippen molar-refractivity contribution in [2.24, 2.45) is 0 Å². The van der Waals surface area contributed by atoms with Gasteiger partial charge in [-0.15, -0.1) is 0 Å². The molecule has 0 N–H and O–H groups in total. The molecule has 0 bridgehead atoms. The zero-order valence-electron chi connectivity index (χ0n) is 9.63. The van der Waals surface area contributed by atoms with Crippen LogP contribution in [0.4, 0.5) is 0 Å². The van der Waals surface area contributed by atoms with Crippen molar-refractivity contribution >= 4 is 11.7 Å². The molecule has 0 spiro atoms. The van der Waals surface area contributed by atoms with Crippen molar-refractivity contribution in [3.05, 3.63) is 12.2 Å². The van der Waals surface area contributed by atoms with Crippen LogP contribution in [0.1, 0.15) is 34.6 Å². The van der Waals surface area contributed by atoms with E-state index in [2.05, 4.69) is 6.58 Å². The lowest BCUT2D eigenvalue weighted by molar-refractivity contribution is -0.145. The van der Waals surface area contributed by atoms with Gasteiger partial charge in [-0.2, -0.15) is 0 Å². The fourth-order valence-corrected chi connectivity index (χ4v) is 1.37. The second-order valence-electron chi connectivity index (χ2n) is 4.01. The van der Waals surface area contributed by atoms with Crippen molar-refractivity contribution in [1.82, 2.24) is 4.90 Å². The van der Waals surface area contributed by atoms with Crippen molar-refractivity contribution in [1.29, 1.82) is 0 Å². The molecule has 0 unspecified atom stereocenters. The SMILES string of the molecule is C=C(C)C(=O)C(=O)N(C(C)C)C(C)C. The summed E-state index contributed by atoms with van der Waals surface area (Å²) in [4.78, 5) is 24.7. The number of rotatable bonds is 4. The second-order valence-corrected chi connectivity index (χ2v) is 4.01. The fraction of sp³-hybridized carbons (Fsp3) is 0.636. The molecule has 0 aromatic heterocycles. The van der Waals surface area contributed by atoms with E-state index in [4.69, 9.17) is 0 Å². The summed E-state index contributed by atoms with van der Waals surface area (Å²) in [7, 11) is 0. The van der Waals surface area contributed by atoms with Gasteiger partial charge < -0.3 is 4.90 Å². The lowest BCUT2D eigenvalue weighted by Crippen LogP contribution is -2.45. The molecule has 0 saturated carbocycles. The maximum Gasteiger partial charge on any atom is 0.295 e. The van der Waals surface area contributed by atoms with Gasteiger partial charge in [0, 0.05) is 12.1 Å². The Bertz CT molecular complexity index is 246. The van der Waals surface area contributed by atoms with Gasteiger partial charge in [0.25, 0.3) is 5.91 Å². The highest BCUT2D eigenvalue weighted by atomic mass is 16.2. The van der Waals surface area contributed by atoms with Crippen molar-refractivity contribution in [2.75, 3.05) is 0 Å². The standard InChI is InChI=1S/C11H19NO2/c1-7(2)10(13)11(14)12(8(3)4)9(5)6/h8-9H,1H2,2-6H3. The normalized spacial score (nSPS) is 10.5. The van der Waals surface area contributed by atoms with E-state index in [9.17, 15) is 9.59 Å². The smallest absolute Gasteiger partial charge is 0.295 e. The zero-order valence-corrected chi connectivity index (χ0v) is 9.63. The fourth-order valence-electron chi connectivity index (χ4n) is 1.37. The van der Waals surface area contributed by atoms with Crippen LogP contribution < -0.4 is 0 Å². The maximum absolute atomic E-state index is 11.7. The molecule has 80 valence electrons. The van der Waals surface area contributed by atoms with Crippen LogP contribution in [0.25, 0.3) is 0 Å². The minimum Gasteiger partial charge on any atom is -0.331 e. The van der Waals surface area contributed by atoms with Crippen LogP contribution in [0.2, 0.25) is 0 Å². The first-order valence-corrected chi connectivity index (χ1v) is 4.81. The quantitative estimate of drug-likeness (QED) is 0.509. The molecular weight excluding hydrogens is 178 g/mol. The van der Waals surface area contributed by atoms with Crippen LogP contribution in [0.5, 0.6) is 0 Å². The number of amides is 1. The van der Waals surface area contributed by atoms with E-state index < -0.39 is 11.7 Å². The first kappa shape index (κ1) is 12.9. The van der Waals surface area contributed by atoms with Crippen molar-refractivity contribution < 1.29 is 9.59 Å². The number of carbonyl (C=O) groups excluding carboxylic acids is 2. The number of hydrogen-bond acceptors (Lipinski definition) is 2. The van der Waals surface area contributed by atoms with Gasteiger partial charge in [-0.05, 0) is 40.2 Å². The van der Waals surface area contributed by atoms with E-state index >= 15 is 0 Å². The summed E-state index contributed by atoms with van der Waals surface area (Å²) in [6.45, 7) is 12.6. The molecule has 14 heavy (non-hydrogen) atoms. The number of hydrogen-bond donors (Lipinski definition) is 0. The van der Waals surface area contributed by atoms with Gasteiger partial charge >= 0.3 is 0 Å². The lowest BCUT2D eigenvalue weighted by atomic mass is 10.1. The summed E-state index contributed by atoms with van der Waals surface area (Å²) in [6.07, 6.45) is 0. The summed E-state index contributed by atoms with van der Waals surface area (Å²) < 4.78 is 0. The van der Waals surface area contributed by atoms with Crippen LogP contribution >= 0.6 is 0 Å². The summed E-state index contributed by atoms with van der Waals surface area (Å²) in [6, 6.07) is 0.0663. The van der Waals surface area contributed by atoms with Gasteiger partial charge in [-0.3, -0.25) is 9.59 Å². The third-order valence-corrected chi connectivity index (χ3v) is 1.93. The molecule has 1 amide bonds. The molecule has 0 radical (unpaired) electrons. The van der Waals surface area contributed by atoms with Crippen LogP contribution in [-0.2, 0) is 9.59 Å². The second kappa shape index (κ2) is 4.94. The van der Waals surface area contributed by atoms with Gasteiger partial charge in [0.15, 0.2) is 0 Å². The Morgan fingerprint density at radius 3 is 1.64 bits per heavy atom. The van der Waals surface area contributed by atoms with Crippen LogP contribution in [0.3, 0.4) is 0 Å². The molecule has 0 aromatic carbocycles. The largest absolute Gasteiger partial charge is 0.331 e. The molecule has 0 saturated heterocycles. The van der Waals surface area contributed by atoms with Crippen LogP contribution in [-0.4, -0.2) is 28.7 Å². The predicted octanol–water partition coefficient (Wildman–Crippen LogP) is 1.78. The number of carbonyl (C=O) groups is 2. The average Bonchev–Trinajstić information content (AvgIpc) is 2.01. The Balaban J connectivity index is 4.78. The van der Waals surface area contributed by atoms with Crippen molar-refractivity contribution in [3.8, 4) is 0 Å². The molecule has 3 heteroatoms. The van der Waals surface area contributed by atoms with Gasteiger partial charge in [0.2, 0.25) is 5.78 Å². The molecule has 0 atom stereocenters. The first-order valence-electron chi connectivity index (χ1n) is 4.81. The Morgan fingerprint density at radius 1 is 1.07 bits per heavy atom. The highest BCUT2D eigenvalue weighted by Crippen LogP contribution is 2.08. The molecule has 3 nitrogen and oxygen atoms in total. The molecular formula is C11H19NO2. The van der Waals surface area contributed by atoms with E-state index in [0.29, 0.717) is 5.57 Å². The van der Waals surface area contributed by atoms with Gasteiger partial charge in [-0.1, -0.05) is 6.58 Å². The third kappa shape index (κ3) is 2.98. The molecule has 0 aromatic rings. The van der Waals surface area contributed by atoms with E-state index in [1.807, 2.05) is 27.7 Å². The number of ketones is 1. The van der Waals surface area contributed by atoms with E-state index in [0.717, 1.165) is 0 Å². The Labute approximate surface area is 85.8 Å². The Hall–Kier alpha value is -1.12. The van der Waals surface area contributed by atoms with E-state index in [1.165, 1.54) is 0 Å². The average molecular weight is 197 g/mol. The summed E-state index contributed by atoms with van der Waals surface area (Å²) in [5.74, 6) is -0.949. The van der Waals surface area contributed by atoms with Gasteiger partial charge in [-0.25, -0.2) is 0 Å². The maximum atomic E-state index is 11.7. The van der Waals surface area contributed by atoms with Crippen LogP contribution in [0.15, 0.2) is 12.2 Å². The topological polar surface area (TPSA) is 37.4 Å². The van der Waals surface area contributed by atoms with Crippen molar-refractivity contribution in [3.63, 3.8) is 0 Å². The Morgan fingerprint density at radius 2 is 1.43 bits per heavy atom. The molecule has 0 aliphatic heterocycles.